The quantitative estimate of drug-likeness (QED) is 0.645. The molecule has 2 unspecified atom stereocenters. The van der Waals surface area contributed by atoms with Gasteiger partial charge in [0.25, 0.3) is 0 Å². The van der Waals surface area contributed by atoms with E-state index in [0.29, 0.717) is 18.4 Å². The third kappa shape index (κ3) is 4.05. The van der Waals surface area contributed by atoms with E-state index in [2.05, 4.69) is 17.4 Å². The van der Waals surface area contributed by atoms with Crippen molar-refractivity contribution in [3.63, 3.8) is 0 Å². The lowest BCUT2D eigenvalue weighted by atomic mass is 9.51. The van der Waals surface area contributed by atoms with Crippen LogP contribution < -0.4 is 14.8 Å². The summed E-state index contributed by atoms with van der Waals surface area (Å²) in [6.07, 6.45) is 6.60. The average Bonchev–Trinajstić information content (AvgIpc) is 2.70. The molecule has 30 heavy (non-hydrogen) atoms. The van der Waals surface area contributed by atoms with Crippen LogP contribution in [-0.2, 0) is 13.2 Å². The smallest absolute Gasteiger partial charge is 0.161 e. The van der Waals surface area contributed by atoms with Gasteiger partial charge in [-0.3, -0.25) is 0 Å². The number of rotatable bonds is 7. The van der Waals surface area contributed by atoms with Gasteiger partial charge in [-0.05, 0) is 85.8 Å². The lowest BCUT2D eigenvalue weighted by Gasteiger charge is -2.60. The van der Waals surface area contributed by atoms with Crippen LogP contribution in [0, 0.1) is 11.8 Å². The lowest BCUT2D eigenvalue weighted by Crippen LogP contribution is -2.64. The van der Waals surface area contributed by atoms with Crippen LogP contribution in [0.5, 0.6) is 11.5 Å². The van der Waals surface area contributed by atoms with Crippen LogP contribution in [0.3, 0.4) is 0 Å². The van der Waals surface area contributed by atoms with E-state index in [-0.39, 0.29) is 5.54 Å². The molecule has 0 saturated heterocycles. The molecule has 4 aliphatic rings. The van der Waals surface area contributed by atoms with Crippen LogP contribution in [0.15, 0.2) is 42.5 Å². The molecule has 0 heterocycles. The summed E-state index contributed by atoms with van der Waals surface area (Å²) >= 11 is 5.95. The predicted molar refractivity (Wildman–Crippen MR) is 118 cm³/mol. The SMILES string of the molecule is COc1cc(CNC23CC4CC(CC(O)(C4)C2)C3)ccc1OCc1ccc(Cl)cc1. The number of aliphatic hydroxyl groups is 1. The van der Waals surface area contributed by atoms with Crippen molar-refractivity contribution in [1.82, 2.24) is 5.32 Å². The molecule has 0 amide bonds. The maximum absolute atomic E-state index is 11.0. The molecule has 0 aliphatic heterocycles. The zero-order chi connectivity index (χ0) is 20.8. The van der Waals surface area contributed by atoms with Gasteiger partial charge in [-0.15, -0.1) is 0 Å². The minimum absolute atomic E-state index is 0.0931. The highest BCUT2D eigenvalue weighted by molar-refractivity contribution is 6.30. The molecule has 2 atom stereocenters. The topological polar surface area (TPSA) is 50.7 Å². The second kappa shape index (κ2) is 7.74. The Bertz CT molecular complexity index is 899. The van der Waals surface area contributed by atoms with E-state index in [9.17, 15) is 5.11 Å². The Morgan fingerprint density at radius 2 is 1.70 bits per heavy atom. The molecule has 6 rings (SSSR count). The van der Waals surface area contributed by atoms with Crippen LogP contribution in [0.4, 0.5) is 0 Å². The summed E-state index contributed by atoms with van der Waals surface area (Å²) in [5.41, 5.74) is 1.89. The van der Waals surface area contributed by atoms with Crippen molar-refractivity contribution in [3.8, 4) is 11.5 Å². The van der Waals surface area contributed by atoms with E-state index in [1.165, 1.54) is 24.8 Å². The molecule has 4 saturated carbocycles. The van der Waals surface area contributed by atoms with Crippen LogP contribution >= 0.6 is 11.6 Å². The minimum atomic E-state index is -0.436. The summed E-state index contributed by atoms with van der Waals surface area (Å²) in [5, 5.41) is 15.5. The minimum Gasteiger partial charge on any atom is -0.493 e. The van der Waals surface area contributed by atoms with Crippen LogP contribution in [0.25, 0.3) is 0 Å². The summed E-state index contributed by atoms with van der Waals surface area (Å²) in [6.45, 7) is 1.25. The number of hydrogen-bond acceptors (Lipinski definition) is 4. The Labute approximate surface area is 183 Å². The number of methoxy groups -OCH3 is 1. The highest BCUT2D eigenvalue weighted by Gasteiger charge is 2.56. The molecular formula is C25H30ClNO3. The number of nitrogens with one attached hydrogen (secondary N) is 1. The molecule has 5 heteroatoms. The molecule has 4 aliphatic carbocycles. The van der Waals surface area contributed by atoms with Gasteiger partial charge in [0.1, 0.15) is 6.61 Å². The number of halogens is 1. The van der Waals surface area contributed by atoms with Crippen LogP contribution in [0.2, 0.25) is 5.02 Å². The highest BCUT2D eigenvalue weighted by Crippen LogP contribution is 2.57. The molecule has 2 N–H and O–H groups in total. The van der Waals surface area contributed by atoms with Crippen molar-refractivity contribution in [2.45, 2.75) is 62.8 Å². The Morgan fingerprint density at radius 3 is 2.37 bits per heavy atom. The van der Waals surface area contributed by atoms with E-state index in [1.54, 1.807) is 7.11 Å². The normalized spacial score (nSPS) is 31.7. The molecule has 4 bridgehead atoms. The Balaban J connectivity index is 1.24. The summed E-state index contributed by atoms with van der Waals surface area (Å²) in [7, 11) is 1.68. The fourth-order valence-corrected chi connectivity index (χ4v) is 6.52. The van der Waals surface area contributed by atoms with Gasteiger partial charge in [-0.2, -0.15) is 0 Å². The van der Waals surface area contributed by atoms with Crippen molar-refractivity contribution >= 4 is 11.6 Å². The second-order valence-corrected chi connectivity index (χ2v) is 10.2. The first kappa shape index (κ1) is 20.2. The standard InChI is InChI=1S/C25H30ClNO3/c1-29-23-9-18(4-7-22(23)30-15-17-2-5-21(26)6-3-17)14-27-24-10-19-8-20(11-24)13-25(28,12-19)16-24/h2-7,9,19-20,27-28H,8,10-16H2,1H3. The summed E-state index contributed by atoms with van der Waals surface area (Å²) in [4.78, 5) is 0. The molecule has 0 radical (unpaired) electrons. The highest BCUT2D eigenvalue weighted by atomic mass is 35.5. The Morgan fingerprint density at radius 1 is 1.00 bits per heavy atom. The molecule has 2 aromatic carbocycles. The Kier molecular flexibility index (Phi) is 5.20. The first-order valence-corrected chi connectivity index (χ1v) is 11.3. The van der Waals surface area contributed by atoms with Gasteiger partial charge in [0.05, 0.1) is 12.7 Å². The summed E-state index contributed by atoms with van der Waals surface area (Å²) in [5.74, 6) is 2.84. The lowest BCUT2D eigenvalue weighted by molar-refractivity contribution is -0.142. The van der Waals surface area contributed by atoms with Crippen molar-refractivity contribution in [1.29, 1.82) is 0 Å². The largest absolute Gasteiger partial charge is 0.493 e. The zero-order valence-electron chi connectivity index (χ0n) is 17.5. The third-order valence-corrected chi connectivity index (χ3v) is 7.49. The van der Waals surface area contributed by atoms with Crippen molar-refractivity contribution in [3.05, 3.63) is 58.6 Å². The first-order valence-electron chi connectivity index (χ1n) is 11.0. The van der Waals surface area contributed by atoms with Gasteiger partial charge < -0.3 is 19.9 Å². The van der Waals surface area contributed by atoms with Gasteiger partial charge in [0.15, 0.2) is 11.5 Å². The fraction of sp³-hybridized carbons (Fsp3) is 0.520. The maximum atomic E-state index is 11.0. The monoisotopic (exact) mass is 427 g/mol. The average molecular weight is 428 g/mol. The summed E-state index contributed by atoms with van der Waals surface area (Å²) in [6, 6.07) is 13.8. The predicted octanol–water partition coefficient (Wildman–Crippen LogP) is 5.10. The van der Waals surface area contributed by atoms with Gasteiger partial charge in [0, 0.05) is 17.1 Å². The molecule has 4 nitrogen and oxygen atoms in total. The van der Waals surface area contributed by atoms with Crippen molar-refractivity contribution < 1.29 is 14.6 Å². The van der Waals surface area contributed by atoms with Gasteiger partial charge in [-0.1, -0.05) is 29.8 Å². The van der Waals surface area contributed by atoms with Crippen molar-refractivity contribution in [2.75, 3.05) is 7.11 Å². The first-order chi connectivity index (χ1) is 14.4. The zero-order valence-corrected chi connectivity index (χ0v) is 18.3. The van der Waals surface area contributed by atoms with E-state index in [0.717, 1.165) is 47.9 Å². The molecule has 160 valence electrons. The van der Waals surface area contributed by atoms with Gasteiger partial charge in [-0.25, -0.2) is 0 Å². The van der Waals surface area contributed by atoms with E-state index in [1.807, 2.05) is 30.3 Å². The molecule has 2 aromatic rings. The molecule has 0 aromatic heterocycles. The van der Waals surface area contributed by atoms with Gasteiger partial charge in [0.2, 0.25) is 0 Å². The fourth-order valence-electron chi connectivity index (χ4n) is 6.39. The van der Waals surface area contributed by atoms with E-state index < -0.39 is 5.60 Å². The maximum Gasteiger partial charge on any atom is 0.161 e. The number of benzene rings is 2. The molecule has 4 fully saturated rings. The van der Waals surface area contributed by atoms with Crippen LogP contribution in [-0.4, -0.2) is 23.4 Å². The van der Waals surface area contributed by atoms with E-state index >= 15 is 0 Å². The van der Waals surface area contributed by atoms with Crippen LogP contribution in [0.1, 0.15) is 49.7 Å². The Hall–Kier alpha value is -1.75. The van der Waals surface area contributed by atoms with Crippen molar-refractivity contribution in [2.24, 2.45) is 11.8 Å². The summed E-state index contributed by atoms with van der Waals surface area (Å²) < 4.78 is 11.6. The number of hydrogen-bond donors (Lipinski definition) is 2. The molecular weight excluding hydrogens is 398 g/mol. The van der Waals surface area contributed by atoms with E-state index in [4.69, 9.17) is 21.1 Å². The molecule has 0 spiro atoms. The van der Waals surface area contributed by atoms with Gasteiger partial charge >= 0.3 is 0 Å². The third-order valence-electron chi connectivity index (χ3n) is 7.23. The second-order valence-electron chi connectivity index (χ2n) is 9.72. The number of ether oxygens (including phenoxy) is 2.